The minimum atomic E-state index is -0.393. The van der Waals surface area contributed by atoms with Crippen molar-refractivity contribution in [3.63, 3.8) is 0 Å². The largest absolute Gasteiger partial charge is 0.487 e. The van der Waals surface area contributed by atoms with Crippen molar-refractivity contribution in [1.82, 2.24) is 4.98 Å². The first-order chi connectivity index (χ1) is 8.73. The summed E-state index contributed by atoms with van der Waals surface area (Å²) in [4.78, 5) is 3.91. The summed E-state index contributed by atoms with van der Waals surface area (Å²) in [6.45, 7) is 8.05. The van der Waals surface area contributed by atoms with Gasteiger partial charge in [0.15, 0.2) is 0 Å². The molecule has 0 aromatic carbocycles. The molecule has 1 aromatic rings. The molecule has 1 aliphatic heterocycles. The fourth-order valence-electron chi connectivity index (χ4n) is 1.75. The second-order valence-electron chi connectivity index (χ2n) is 5.58. The number of halogens is 1. The van der Waals surface area contributed by atoms with Crippen molar-refractivity contribution in [2.24, 2.45) is 0 Å². The van der Waals surface area contributed by atoms with E-state index in [1.54, 1.807) is 12.3 Å². The van der Waals surface area contributed by atoms with Crippen LogP contribution >= 0.6 is 11.6 Å². The number of anilines is 1. The van der Waals surface area contributed by atoms with Crippen molar-refractivity contribution in [3.8, 4) is 0 Å². The van der Waals surface area contributed by atoms with E-state index in [0.717, 1.165) is 5.56 Å². The van der Waals surface area contributed by atoms with Crippen LogP contribution in [-0.4, -0.2) is 23.3 Å². The van der Waals surface area contributed by atoms with Crippen molar-refractivity contribution < 1.29 is 9.31 Å². The Bertz CT molecular complexity index is 501. The molecule has 2 N–H and O–H groups in total. The van der Waals surface area contributed by atoms with Gasteiger partial charge in [-0.1, -0.05) is 23.7 Å². The zero-order chi connectivity index (χ0) is 14.3. The van der Waals surface area contributed by atoms with Crippen LogP contribution in [0.3, 0.4) is 0 Å². The minimum absolute atomic E-state index is 0.317. The van der Waals surface area contributed by atoms with Gasteiger partial charge in [0.25, 0.3) is 0 Å². The smallest absolute Gasteiger partial charge is 0.400 e. The van der Waals surface area contributed by atoms with Gasteiger partial charge in [-0.3, -0.25) is 0 Å². The quantitative estimate of drug-likeness (QED) is 0.846. The second kappa shape index (κ2) is 4.82. The number of hydrogen-bond acceptors (Lipinski definition) is 4. The van der Waals surface area contributed by atoms with E-state index < -0.39 is 7.12 Å². The Balaban J connectivity index is 2.15. The van der Waals surface area contributed by atoms with E-state index in [4.69, 9.17) is 26.6 Å². The van der Waals surface area contributed by atoms with E-state index in [9.17, 15) is 0 Å². The Labute approximate surface area is 119 Å². The van der Waals surface area contributed by atoms with Crippen LogP contribution in [0.15, 0.2) is 18.2 Å². The Hall–Kier alpha value is -1.04. The number of rotatable bonds is 2. The van der Waals surface area contributed by atoms with Gasteiger partial charge in [0.1, 0.15) is 5.82 Å². The molecule has 4 nitrogen and oxygen atoms in total. The number of nitrogens with zero attached hydrogens (tertiary/aromatic N) is 1. The number of aromatic nitrogens is 1. The summed E-state index contributed by atoms with van der Waals surface area (Å²) in [6, 6.07) is 1.79. The lowest BCUT2D eigenvalue weighted by atomic mass is 9.89. The first-order valence-corrected chi connectivity index (χ1v) is 6.54. The fourth-order valence-corrected chi connectivity index (χ4v) is 1.93. The summed E-state index contributed by atoms with van der Waals surface area (Å²) in [7, 11) is -0.393. The summed E-state index contributed by atoms with van der Waals surface area (Å²) in [5.74, 6) is 2.15. The minimum Gasteiger partial charge on any atom is -0.400 e. The molecule has 0 saturated carbocycles. The highest BCUT2D eigenvalue weighted by Gasteiger charge is 2.49. The number of hydrogen-bond donors (Lipinski definition) is 1. The van der Waals surface area contributed by atoms with Gasteiger partial charge < -0.3 is 15.0 Å². The molecule has 1 fully saturated rings. The molecule has 0 amide bonds. The van der Waals surface area contributed by atoms with E-state index in [-0.39, 0.29) is 11.2 Å². The summed E-state index contributed by atoms with van der Waals surface area (Å²) >= 11 is 6.07. The Morgan fingerprint density at radius 1 is 1.26 bits per heavy atom. The predicted octanol–water partition coefficient (Wildman–Crippen LogP) is 2.96. The van der Waals surface area contributed by atoms with Crippen molar-refractivity contribution >= 4 is 30.6 Å². The average Bonchev–Trinajstić information content (AvgIpc) is 2.50. The average molecular weight is 281 g/mol. The topological polar surface area (TPSA) is 57.4 Å². The monoisotopic (exact) mass is 280 g/mol. The summed E-state index contributed by atoms with van der Waals surface area (Å²) in [5, 5.41) is 0.440. The van der Waals surface area contributed by atoms with E-state index in [1.807, 2.05) is 39.7 Å². The maximum atomic E-state index is 6.07. The van der Waals surface area contributed by atoms with Gasteiger partial charge in [-0.15, -0.1) is 0 Å². The SMILES string of the molecule is CC1(C)OB(/C=C/c2ccnc(N)c2Cl)OC1(C)C. The highest BCUT2D eigenvalue weighted by Crippen LogP contribution is 2.37. The fraction of sp³-hybridized carbons (Fsp3) is 0.462. The van der Waals surface area contributed by atoms with E-state index in [0.29, 0.717) is 10.8 Å². The maximum absolute atomic E-state index is 6.07. The van der Waals surface area contributed by atoms with Crippen LogP contribution in [0.1, 0.15) is 33.3 Å². The van der Waals surface area contributed by atoms with Gasteiger partial charge in [-0.2, -0.15) is 0 Å². The molecule has 0 radical (unpaired) electrons. The Morgan fingerprint density at radius 3 is 2.42 bits per heavy atom. The van der Waals surface area contributed by atoms with Gasteiger partial charge in [-0.25, -0.2) is 4.98 Å². The molecule has 1 aromatic heterocycles. The number of nitrogens with two attached hydrogens (primary N) is 1. The van der Waals surface area contributed by atoms with E-state index >= 15 is 0 Å². The van der Waals surface area contributed by atoms with Crippen LogP contribution in [0.4, 0.5) is 5.82 Å². The van der Waals surface area contributed by atoms with Gasteiger partial charge in [-0.05, 0) is 39.3 Å². The van der Waals surface area contributed by atoms with Crippen molar-refractivity contribution in [2.45, 2.75) is 38.9 Å². The highest BCUT2D eigenvalue weighted by molar-refractivity contribution is 6.52. The zero-order valence-electron chi connectivity index (χ0n) is 11.6. The molecule has 6 heteroatoms. The van der Waals surface area contributed by atoms with Crippen molar-refractivity contribution in [2.75, 3.05) is 5.73 Å². The van der Waals surface area contributed by atoms with Crippen LogP contribution in [-0.2, 0) is 9.31 Å². The lowest BCUT2D eigenvalue weighted by molar-refractivity contribution is 0.00578. The van der Waals surface area contributed by atoms with Gasteiger partial charge in [0, 0.05) is 6.20 Å². The molecule has 0 bridgehead atoms. The lowest BCUT2D eigenvalue weighted by Gasteiger charge is -2.32. The third kappa shape index (κ3) is 2.78. The molecule has 2 heterocycles. The zero-order valence-corrected chi connectivity index (χ0v) is 12.4. The number of nitrogen functional groups attached to an aromatic ring is 1. The molecular formula is C13H18BClN2O2. The standard InChI is InChI=1S/C13H18BClN2O2/c1-12(2)13(3,4)19-14(18-12)7-5-9-6-8-17-11(16)10(9)15/h5-8H,1-4H3,(H2,16,17)/b7-5+. The Morgan fingerprint density at radius 2 is 1.84 bits per heavy atom. The molecule has 2 rings (SSSR count). The second-order valence-corrected chi connectivity index (χ2v) is 5.96. The third-order valence-corrected chi connectivity index (χ3v) is 4.06. The number of pyridine rings is 1. The van der Waals surface area contributed by atoms with Gasteiger partial charge >= 0.3 is 7.12 Å². The third-order valence-electron chi connectivity index (χ3n) is 3.65. The van der Waals surface area contributed by atoms with E-state index in [2.05, 4.69) is 4.98 Å². The first-order valence-electron chi connectivity index (χ1n) is 6.17. The summed E-state index contributed by atoms with van der Waals surface area (Å²) < 4.78 is 11.7. The molecular weight excluding hydrogens is 262 g/mol. The molecule has 19 heavy (non-hydrogen) atoms. The van der Waals surface area contributed by atoms with Crippen LogP contribution in [0.25, 0.3) is 6.08 Å². The molecule has 0 spiro atoms. The van der Waals surface area contributed by atoms with Crippen LogP contribution in [0, 0.1) is 0 Å². The van der Waals surface area contributed by atoms with Gasteiger partial charge in [0.2, 0.25) is 0 Å². The maximum Gasteiger partial charge on any atom is 0.487 e. The molecule has 1 aliphatic rings. The molecule has 1 saturated heterocycles. The van der Waals surface area contributed by atoms with Crippen molar-refractivity contribution in [1.29, 1.82) is 0 Å². The summed E-state index contributed by atoms with van der Waals surface area (Å²) in [5.41, 5.74) is 5.76. The van der Waals surface area contributed by atoms with E-state index in [1.165, 1.54) is 0 Å². The molecule has 102 valence electrons. The normalized spacial score (nSPS) is 21.2. The van der Waals surface area contributed by atoms with Gasteiger partial charge in [0.05, 0.1) is 16.2 Å². The highest BCUT2D eigenvalue weighted by atomic mass is 35.5. The van der Waals surface area contributed by atoms with Crippen LogP contribution < -0.4 is 5.73 Å². The molecule has 0 unspecified atom stereocenters. The lowest BCUT2D eigenvalue weighted by Crippen LogP contribution is -2.41. The Kier molecular flexibility index (Phi) is 3.64. The predicted molar refractivity (Wildman–Crippen MR) is 78.8 cm³/mol. The summed E-state index contributed by atoms with van der Waals surface area (Å²) in [6.07, 6.45) is 3.45. The van der Waals surface area contributed by atoms with Crippen LogP contribution in [0.2, 0.25) is 5.02 Å². The van der Waals surface area contributed by atoms with Crippen molar-refractivity contribution in [3.05, 3.63) is 28.8 Å². The first kappa shape index (κ1) is 14.4. The molecule has 0 atom stereocenters. The molecule has 0 aliphatic carbocycles. The van der Waals surface area contributed by atoms with Crippen LogP contribution in [0.5, 0.6) is 0 Å².